The fourth-order valence-corrected chi connectivity index (χ4v) is 5.61. The minimum atomic E-state index is -0.918. The maximum atomic E-state index is 14.8. The van der Waals surface area contributed by atoms with Crippen molar-refractivity contribution in [2.75, 3.05) is 36.9 Å². The van der Waals surface area contributed by atoms with Crippen LogP contribution in [0.2, 0.25) is 10.0 Å². The van der Waals surface area contributed by atoms with Crippen LogP contribution < -0.4 is 21.5 Å². The quantitative estimate of drug-likeness (QED) is 0.275. The van der Waals surface area contributed by atoms with Gasteiger partial charge in [0.15, 0.2) is 0 Å². The summed E-state index contributed by atoms with van der Waals surface area (Å²) in [6.07, 6.45) is 1.51. The highest BCUT2D eigenvalue weighted by atomic mass is 35.5. The number of pyridine rings is 1. The number of piperazine rings is 1. The highest BCUT2D eigenvalue weighted by Gasteiger charge is 2.26. The van der Waals surface area contributed by atoms with Crippen LogP contribution in [0.15, 0.2) is 29.2 Å². The molecule has 0 bridgehead atoms. The number of likely N-dealkylation sites (N-methyl/N-ethyl adjacent to an activating group) is 1. The molecule has 1 atom stereocenters. The zero-order valence-electron chi connectivity index (χ0n) is 23.8. The molecule has 4 heterocycles. The average molecular weight is 631 g/mol. The van der Waals surface area contributed by atoms with Crippen molar-refractivity contribution in [2.45, 2.75) is 26.4 Å². The molecule has 2 amide bonds. The maximum absolute atomic E-state index is 14.8. The Hall–Kier alpha value is -4.20. The molecule has 1 aromatic carbocycles. The third kappa shape index (κ3) is 5.63. The minimum absolute atomic E-state index is 0.0495. The summed E-state index contributed by atoms with van der Waals surface area (Å²) in [7, 11) is 3.56. The van der Waals surface area contributed by atoms with E-state index in [9.17, 15) is 23.9 Å². The normalized spacial score (nSPS) is 15.7. The molecule has 1 fully saturated rings. The van der Waals surface area contributed by atoms with E-state index in [4.69, 9.17) is 28.9 Å². The van der Waals surface area contributed by atoms with Crippen molar-refractivity contribution in [3.8, 4) is 16.9 Å². The lowest BCUT2D eigenvalue weighted by atomic mass is 10.0. The Labute approximate surface area is 255 Å². The number of primary amides is 1. The molecular weight excluding hydrogens is 602 g/mol. The second-order valence-electron chi connectivity index (χ2n) is 10.6. The molecule has 4 N–H and O–H groups in total. The zero-order chi connectivity index (χ0) is 31.3. The molecule has 0 radical (unpaired) electrons. The first kappa shape index (κ1) is 30.3. The van der Waals surface area contributed by atoms with Gasteiger partial charge in [0.25, 0.3) is 11.5 Å². The van der Waals surface area contributed by atoms with Gasteiger partial charge in [0.05, 0.1) is 21.7 Å². The van der Waals surface area contributed by atoms with E-state index in [0.29, 0.717) is 29.3 Å². The fraction of sp³-hybridized carbons (Fsp3) is 0.321. The number of hydrogen-bond donors (Lipinski definition) is 3. The minimum Gasteiger partial charge on any atom is -0.506 e. The summed E-state index contributed by atoms with van der Waals surface area (Å²) in [6.45, 7) is 5.46. The van der Waals surface area contributed by atoms with Crippen LogP contribution in [0, 0.1) is 12.9 Å². The summed E-state index contributed by atoms with van der Waals surface area (Å²) in [5, 5.41) is 12.5. The van der Waals surface area contributed by atoms with Crippen molar-refractivity contribution in [3.05, 3.63) is 62.1 Å². The van der Waals surface area contributed by atoms with Gasteiger partial charge in [0.2, 0.25) is 11.9 Å². The first-order valence-corrected chi connectivity index (χ1v) is 14.0. The van der Waals surface area contributed by atoms with Crippen molar-refractivity contribution in [2.24, 2.45) is 12.8 Å². The van der Waals surface area contributed by atoms with Gasteiger partial charge in [-0.25, -0.2) is 9.97 Å². The molecule has 0 unspecified atom stereocenters. The van der Waals surface area contributed by atoms with Crippen LogP contribution in [0.4, 0.5) is 15.9 Å². The molecule has 4 aromatic rings. The Morgan fingerprint density at radius 3 is 2.58 bits per heavy atom. The van der Waals surface area contributed by atoms with Gasteiger partial charge in [-0.15, -0.1) is 0 Å². The number of nitrogens with two attached hydrogens (primary N) is 1. The number of aromatic nitrogens is 4. The Morgan fingerprint density at radius 2 is 1.91 bits per heavy atom. The fourth-order valence-electron chi connectivity index (χ4n) is 5.25. The number of carbonyl (C=O) groups excluding carboxylic acids is 2. The van der Waals surface area contributed by atoms with Gasteiger partial charge < -0.3 is 30.5 Å². The van der Waals surface area contributed by atoms with Crippen LogP contribution >= 0.6 is 23.2 Å². The monoisotopic (exact) mass is 630 g/mol. The van der Waals surface area contributed by atoms with Crippen LogP contribution in [-0.4, -0.2) is 73.6 Å². The molecule has 15 heteroatoms. The van der Waals surface area contributed by atoms with Crippen molar-refractivity contribution >= 4 is 57.6 Å². The first-order chi connectivity index (χ1) is 20.3. The predicted molar refractivity (Wildman–Crippen MR) is 162 cm³/mol. The summed E-state index contributed by atoms with van der Waals surface area (Å²) in [5.41, 5.74) is 5.61. The number of benzene rings is 1. The number of aryl methyl sites for hydroxylation is 1. The van der Waals surface area contributed by atoms with Crippen LogP contribution in [0.25, 0.3) is 22.2 Å². The lowest BCUT2D eigenvalue weighted by molar-refractivity contribution is -0.116. The van der Waals surface area contributed by atoms with Crippen molar-refractivity contribution in [3.63, 3.8) is 0 Å². The molecule has 226 valence electrons. The van der Waals surface area contributed by atoms with Crippen molar-refractivity contribution < 1.29 is 19.1 Å². The van der Waals surface area contributed by atoms with Gasteiger partial charge in [-0.3, -0.25) is 19.0 Å². The van der Waals surface area contributed by atoms with E-state index in [-0.39, 0.29) is 44.9 Å². The van der Waals surface area contributed by atoms with Gasteiger partial charge in [-0.05, 0) is 38.6 Å². The number of fused-ring (bicyclic) bond motifs is 1. The van der Waals surface area contributed by atoms with E-state index in [1.54, 1.807) is 14.0 Å². The number of aromatic hydroxyl groups is 1. The highest BCUT2D eigenvalue weighted by Crippen LogP contribution is 2.36. The molecule has 0 aliphatic carbocycles. The first-order valence-electron chi connectivity index (χ1n) is 13.3. The van der Waals surface area contributed by atoms with Crippen LogP contribution in [0.1, 0.15) is 23.1 Å². The molecule has 43 heavy (non-hydrogen) atoms. The van der Waals surface area contributed by atoms with Gasteiger partial charge in [0, 0.05) is 50.6 Å². The predicted octanol–water partition coefficient (Wildman–Crippen LogP) is 3.13. The van der Waals surface area contributed by atoms with E-state index in [1.807, 2.05) is 18.9 Å². The molecule has 1 saturated heterocycles. The molecular formula is C28H29Cl2FN8O4. The number of amides is 2. The Morgan fingerprint density at radius 1 is 1.19 bits per heavy atom. The summed E-state index contributed by atoms with van der Waals surface area (Å²) < 4.78 is 17.6. The molecule has 1 aliphatic heterocycles. The SMILES string of the molecule is Cc1nc2c(c(-c3cc(Cl)c(O)c(C(N)=O)c3)cn2CC(=O)Nc2cc(N3CCN(C)C[C@@H]3C)nc(F)c2Cl)c(=O)n1C. The molecule has 0 saturated carbocycles. The molecule has 12 nitrogen and oxygen atoms in total. The smallest absolute Gasteiger partial charge is 0.263 e. The zero-order valence-corrected chi connectivity index (χ0v) is 25.3. The summed E-state index contributed by atoms with van der Waals surface area (Å²) >= 11 is 12.4. The van der Waals surface area contributed by atoms with E-state index < -0.39 is 29.1 Å². The number of carbonyl (C=O) groups is 2. The van der Waals surface area contributed by atoms with E-state index in [1.165, 1.54) is 33.5 Å². The second kappa shape index (κ2) is 11.5. The van der Waals surface area contributed by atoms with Gasteiger partial charge in [-0.1, -0.05) is 23.2 Å². The highest BCUT2D eigenvalue weighted by molar-refractivity contribution is 6.34. The summed E-state index contributed by atoms with van der Waals surface area (Å²) in [6, 6.07) is 4.28. The molecule has 0 spiro atoms. The number of phenols is 1. The molecule has 3 aromatic heterocycles. The number of anilines is 2. The third-order valence-electron chi connectivity index (χ3n) is 7.58. The van der Waals surface area contributed by atoms with Crippen LogP contribution in [-0.2, 0) is 18.4 Å². The lowest BCUT2D eigenvalue weighted by Gasteiger charge is -2.39. The number of nitrogens with zero attached hydrogens (tertiary/aromatic N) is 6. The standard InChI is InChI=1S/C28H29Cl2FN8O4/c1-13-10-36(3)5-6-39(13)20-9-19(23(30)25(31)35-20)34-21(40)12-38-11-17(22-27(38)33-14(2)37(4)28(22)43)15-7-16(26(32)42)24(41)18(29)8-15/h7-9,11,13,41H,5-6,10,12H2,1-4H3,(H2,32,42)(H,34,35,40)/t13-/m0/s1. The third-order valence-corrected chi connectivity index (χ3v) is 8.23. The van der Waals surface area contributed by atoms with Gasteiger partial charge >= 0.3 is 0 Å². The number of rotatable bonds is 6. The summed E-state index contributed by atoms with van der Waals surface area (Å²) in [5.74, 6) is -2.16. The maximum Gasteiger partial charge on any atom is 0.263 e. The average Bonchev–Trinajstić information content (AvgIpc) is 3.28. The molecule has 1 aliphatic rings. The van der Waals surface area contributed by atoms with E-state index in [0.717, 1.165) is 13.1 Å². The Bertz CT molecular complexity index is 1860. The van der Waals surface area contributed by atoms with Crippen LogP contribution in [0.5, 0.6) is 5.75 Å². The largest absolute Gasteiger partial charge is 0.506 e. The van der Waals surface area contributed by atoms with E-state index >= 15 is 0 Å². The van der Waals surface area contributed by atoms with Gasteiger partial charge in [0.1, 0.15) is 34.6 Å². The Balaban J connectivity index is 1.54. The summed E-state index contributed by atoms with van der Waals surface area (Å²) in [4.78, 5) is 51.3. The number of nitrogens with one attached hydrogen (secondary N) is 1. The topological polar surface area (TPSA) is 152 Å². The Kier molecular flexibility index (Phi) is 8.07. The molecule has 5 rings (SSSR count). The lowest BCUT2D eigenvalue weighted by Crippen LogP contribution is -2.50. The number of hydrogen-bond acceptors (Lipinski definition) is 8. The number of halogens is 3. The van der Waals surface area contributed by atoms with Crippen molar-refractivity contribution in [1.29, 1.82) is 0 Å². The van der Waals surface area contributed by atoms with E-state index in [2.05, 4.69) is 20.2 Å². The van der Waals surface area contributed by atoms with Gasteiger partial charge in [-0.2, -0.15) is 4.39 Å². The second-order valence-corrected chi connectivity index (χ2v) is 11.4. The van der Waals surface area contributed by atoms with Crippen molar-refractivity contribution in [1.82, 2.24) is 24.0 Å². The van der Waals surface area contributed by atoms with Crippen LogP contribution in [0.3, 0.4) is 0 Å².